The molecule has 2 rings (SSSR count). The Balaban J connectivity index is 1.95. The fraction of sp³-hybridized carbons (Fsp3) is 0.846. The van der Waals surface area contributed by atoms with Crippen LogP contribution in [-0.2, 0) is 19.4 Å². The molecule has 8 heteroatoms. The molecule has 0 aromatic carbocycles. The molecule has 3 atom stereocenters. The van der Waals surface area contributed by atoms with Crippen molar-refractivity contribution in [2.75, 3.05) is 24.6 Å². The van der Waals surface area contributed by atoms with E-state index in [0.29, 0.717) is 13.0 Å². The van der Waals surface area contributed by atoms with Gasteiger partial charge in [0.25, 0.3) is 0 Å². The number of rotatable bonds is 4. The average molecular weight is 318 g/mol. The smallest absolute Gasteiger partial charge is 0.321 e. The predicted molar refractivity (Wildman–Crippen MR) is 76.6 cm³/mol. The van der Waals surface area contributed by atoms with E-state index in [1.807, 2.05) is 6.92 Å². The van der Waals surface area contributed by atoms with Crippen molar-refractivity contribution in [1.29, 1.82) is 0 Å². The summed E-state index contributed by atoms with van der Waals surface area (Å²) in [7, 11) is -3.08. The number of nitrogens with zero attached hydrogens (tertiary/aromatic N) is 1. The highest BCUT2D eigenvalue weighted by Crippen LogP contribution is 2.25. The molecule has 1 amide bonds. The van der Waals surface area contributed by atoms with Crippen LogP contribution >= 0.6 is 0 Å². The van der Waals surface area contributed by atoms with E-state index in [-0.39, 0.29) is 29.9 Å². The highest BCUT2D eigenvalue weighted by molar-refractivity contribution is 7.91. The number of nitrogens with one attached hydrogen (secondary N) is 1. The maximum Gasteiger partial charge on any atom is 0.321 e. The van der Waals surface area contributed by atoms with E-state index in [4.69, 9.17) is 0 Å². The summed E-state index contributed by atoms with van der Waals surface area (Å²) in [5.74, 6) is -1.18. The lowest BCUT2D eigenvalue weighted by molar-refractivity contribution is -0.143. The van der Waals surface area contributed by atoms with Gasteiger partial charge in [0, 0.05) is 0 Å². The summed E-state index contributed by atoms with van der Waals surface area (Å²) in [4.78, 5) is 25.0. The summed E-state index contributed by atoms with van der Waals surface area (Å²) < 4.78 is 23.0. The highest BCUT2D eigenvalue weighted by atomic mass is 32.2. The van der Waals surface area contributed by atoms with Crippen LogP contribution in [0.25, 0.3) is 0 Å². The van der Waals surface area contributed by atoms with Crippen molar-refractivity contribution >= 4 is 21.7 Å². The molecule has 120 valence electrons. The zero-order valence-electron chi connectivity index (χ0n) is 12.3. The molecular weight excluding hydrogens is 296 g/mol. The molecule has 3 unspecified atom stereocenters. The van der Waals surface area contributed by atoms with Gasteiger partial charge in [-0.15, -0.1) is 0 Å². The van der Waals surface area contributed by atoms with Gasteiger partial charge in [-0.1, -0.05) is 6.92 Å². The number of hydrogen-bond donors (Lipinski definition) is 2. The minimum atomic E-state index is -3.08. The summed E-state index contributed by atoms with van der Waals surface area (Å²) in [6.07, 6.45) is 1.15. The van der Waals surface area contributed by atoms with E-state index in [1.54, 1.807) is 11.8 Å². The molecule has 2 heterocycles. The van der Waals surface area contributed by atoms with Crippen LogP contribution in [0.2, 0.25) is 0 Å². The van der Waals surface area contributed by atoms with Crippen molar-refractivity contribution in [2.45, 2.75) is 38.3 Å². The highest BCUT2D eigenvalue weighted by Gasteiger charge is 2.41. The van der Waals surface area contributed by atoms with Gasteiger partial charge in [-0.25, -0.2) is 8.42 Å². The minimum absolute atomic E-state index is 0.00303. The van der Waals surface area contributed by atoms with Crippen LogP contribution in [0.5, 0.6) is 0 Å². The monoisotopic (exact) mass is 318 g/mol. The lowest BCUT2D eigenvalue weighted by Crippen LogP contribution is -2.52. The minimum Gasteiger partial charge on any atom is -0.480 e. The Morgan fingerprint density at radius 1 is 1.43 bits per heavy atom. The largest absolute Gasteiger partial charge is 0.480 e. The third-order valence-electron chi connectivity index (χ3n) is 4.35. The normalized spacial score (nSPS) is 35.7. The van der Waals surface area contributed by atoms with Gasteiger partial charge < -0.3 is 10.4 Å². The molecule has 2 aliphatic rings. The van der Waals surface area contributed by atoms with Gasteiger partial charge in [-0.3, -0.25) is 14.5 Å². The second-order valence-corrected chi connectivity index (χ2v) is 8.65. The Morgan fingerprint density at radius 2 is 2.10 bits per heavy atom. The average Bonchev–Trinajstić information content (AvgIpc) is 2.79. The van der Waals surface area contributed by atoms with Gasteiger partial charge in [0.2, 0.25) is 5.91 Å². The fourth-order valence-electron chi connectivity index (χ4n) is 3.27. The molecule has 0 radical (unpaired) electrons. The molecule has 0 bridgehead atoms. The van der Waals surface area contributed by atoms with Gasteiger partial charge in [0.1, 0.15) is 6.04 Å². The summed E-state index contributed by atoms with van der Waals surface area (Å²) in [6, 6.07) is -0.643. The Labute approximate surface area is 124 Å². The topological polar surface area (TPSA) is 104 Å². The number of carbonyl (C=O) groups is 2. The molecule has 7 nitrogen and oxygen atoms in total. The number of hydrogen-bond acceptors (Lipinski definition) is 5. The third-order valence-corrected chi connectivity index (χ3v) is 6.25. The van der Waals surface area contributed by atoms with Gasteiger partial charge in [0.15, 0.2) is 9.84 Å². The van der Waals surface area contributed by atoms with Gasteiger partial charge in [-0.05, 0) is 32.2 Å². The number of amides is 1. The van der Waals surface area contributed by atoms with Crippen molar-refractivity contribution in [3.63, 3.8) is 0 Å². The van der Waals surface area contributed by atoms with Crippen molar-refractivity contribution in [3.05, 3.63) is 0 Å². The van der Waals surface area contributed by atoms with E-state index in [1.165, 1.54) is 0 Å². The van der Waals surface area contributed by atoms with Crippen molar-refractivity contribution in [2.24, 2.45) is 5.92 Å². The molecule has 0 saturated carbocycles. The predicted octanol–water partition coefficient (Wildman–Crippen LogP) is -0.525. The first-order valence-corrected chi connectivity index (χ1v) is 8.92. The lowest BCUT2D eigenvalue weighted by atomic mass is 10.0. The number of aliphatic carboxylic acids is 1. The van der Waals surface area contributed by atoms with Crippen LogP contribution < -0.4 is 5.32 Å². The maximum atomic E-state index is 12.1. The third kappa shape index (κ3) is 3.74. The van der Waals surface area contributed by atoms with Crippen molar-refractivity contribution in [3.8, 4) is 0 Å². The Bertz CT molecular complexity index is 547. The van der Waals surface area contributed by atoms with Gasteiger partial charge >= 0.3 is 5.97 Å². The second kappa shape index (κ2) is 5.57. The van der Waals surface area contributed by atoms with Crippen LogP contribution in [-0.4, -0.2) is 66.5 Å². The molecule has 21 heavy (non-hydrogen) atoms. The molecule has 0 aromatic heterocycles. The van der Waals surface area contributed by atoms with Crippen LogP contribution in [0, 0.1) is 5.92 Å². The second-order valence-electron chi connectivity index (χ2n) is 6.47. The number of sulfone groups is 1. The van der Waals surface area contributed by atoms with Crippen molar-refractivity contribution < 1.29 is 23.1 Å². The summed E-state index contributed by atoms with van der Waals surface area (Å²) in [5, 5.41) is 12.0. The Hall–Kier alpha value is -1.15. The van der Waals surface area contributed by atoms with E-state index in [0.717, 1.165) is 6.42 Å². The van der Waals surface area contributed by atoms with Crippen molar-refractivity contribution in [1.82, 2.24) is 10.2 Å². The number of carboxylic acids is 1. The number of likely N-dealkylation sites (tertiary alicyclic amines) is 1. The SMILES string of the molecule is CC1CCN(CC(=O)NC2(C)CCS(=O)(=O)C2)C1C(=O)O. The summed E-state index contributed by atoms with van der Waals surface area (Å²) >= 11 is 0. The molecule has 0 aliphatic carbocycles. The lowest BCUT2D eigenvalue weighted by Gasteiger charge is -2.27. The summed E-state index contributed by atoms with van der Waals surface area (Å²) in [6.45, 7) is 4.15. The van der Waals surface area contributed by atoms with Crippen LogP contribution in [0.15, 0.2) is 0 Å². The molecule has 2 saturated heterocycles. The maximum absolute atomic E-state index is 12.1. The standard InChI is InChI=1S/C13H22N2O5S/c1-9-3-5-15(11(9)12(17)18)7-10(16)14-13(2)4-6-21(19,20)8-13/h9,11H,3-8H2,1-2H3,(H,14,16)(H,17,18). The first kappa shape index (κ1) is 16.2. The molecular formula is C13H22N2O5S. The molecule has 2 fully saturated rings. The Kier molecular flexibility index (Phi) is 4.30. The zero-order valence-corrected chi connectivity index (χ0v) is 13.1. The number of carboxylic acid groups (broad SMARTS) is 1. The van der Waals surface area contributed by atoms with E-state index < -0.39 is 27.4 Å². The molecule has 0 spiro atoms. The molecule has 2 aliphatic heterocycles. The molecule has 0 aromatic rings. The van der Waals surface area contributed by atoms with E-state index >= 15 is 0 Å². The van der Waals surface area contributed by atoms with E-state index in [9.17, 15) is 23.1 Å². The fourth-order valence-corrected chi connectivity index (χ4v) is 5.37. The summed E-state index contributed by atoms with van der Waals surface area (Å²) in [5.41, 5.74) is -0.736. The molecule has 2 N–H and O–H groups in total. The van der Waals surface area contributed by atoms with Gasteiger partial charge in [0.05, 0.1) is 23.6 Å². The quantitative estimate of drug-likeness (QED) is 0.722. The van der Waals surface area contributed by atoms with E-state index in [2.05, 4.69) is 5.32 Å². The first-order chi connectivity index (χ1) is 9.62. The zero-order chi connectivity index (χ0) is 15.8. The van der Waals surface area contributed by atoms with Crippen LogP contribution in [0.4, 0.5) is 0 Å². The van der Waals surface area contributed by atoms with Crippen LogP contribution in [0.1, 0.15) is 26.7 Å². The van der Waals surface area contributed by atoms with Gasteiger partial charge in [-0.2, -0.15) is 0 Å². The first-order valence-electron chi connectivity index (χ1n) is 7.10. The number of carbonyl (C=O) groups excluding carboxylic acids is 1. The van der Waals surface area contributed by atoms with Crippen LogP contribution in [0.3, 0.4) is 0 Å². The Morgan fingerprint density at radius 3 is 2.62 bits per heavy atom.